The minimum absolute atomic E-state index is 0.737. The van der Waals surface area contributed by atoms with Crippen LogP contribution in [0.15, 0.2) is 6.33 Å². The highest BCUT2D eigenvalue weighted by Gasteiger charge is 2.26. The van der Waals surface area contributed by atoms with Crippen LogP contribution in [0.25, 0.3) is 10.2 Å². The molecule has 25 heavy (non-hydrogen) atoms. The van der Waals surface area contributed by atoms with Crippen molar-refractivity contribution < 1.29 is 4.74 Å². The van der Waals surface area contributed by atoms with Crippen LogP contribution in [0.2, 0.25) is 0 Å². The molecule has 2 saturated heterocycles. The van der Waals surface area contributed by atoms with Gasteiger partial charge in [0.15, 0.2) is 0 Å². The Morgan fingerprint density at radius 1 is 1.12 bits per heavy atom. The van der Waals surface area contributed by atoms with Crippen molar-refractivity contribution >= 4 is 27.4 Å². The maximum atomic E-state index is 5.53. The van der Waals surface area contributed by atoms with E-state index in [1.165, 1.54) is 54.7 Å². The average molecular weight is 359 g/mol. The molecule has 0 N–H and O–H groups in total. The standard InChI is InChI=1S/C19H26N4OS/c1-2-4-16-15(3-1)17-18(20-13-21-19(17)25-16)23-8-6-22(7-9-23)11-14-5-10-24-12-14/h13-14H,1-12H2. The van der Waals surface area contributed by atoms with Crippen molar-refractivity contribution in [3.05, 3.63) is 16.8 Å². The molecule has 2 aromatic rings. The van der Waals surface area contributed by atoms with Gasteiger partial charge in [-0.25, -0.2) is 9.97 Å². The van der Waals surface area contributed by atoms with E-state index in [4.69, 9.17) is 9.72 Å². The third-order valence-electron chi connectivity index (χ3n) is 5.94. The predicted octanol–water partition coefficient (Wildman–Crippen LogP) is 2.73. The predicted molar refractivity (Wildman–Crippen MR) is 102 cm³/mol. The minimum Gasteiger partial charge on any atom is -0.381 e. The molecule has 0 saturated carbocycles. The molecule has 0 amide bonds. The van der Waals surface area contributed by atoms with Gasteiger partial charge >= 0.3 is 0 Å². The summed E-state index contributed by atoms with van der Waals surface area (Å²) in [6.07, 6.45) is 8.07. The molecule has 0 spiro atoms. The van der Waals surface area contributed by atoms with Crippen molar-refractivity contribution in [3.63, 3.8) is 0 Å². The Hall–Kier alpha value is -1.24. The molecule has 2 aromatic heterocycles. The molecule has 0 aromatic carbocycles. The zero-order chi connectivity index (χ0) is 16.6. The molecule has 1 aliphatic carbocycles. The number of nitrogens with zero attached hydrogens (tertiary/aromatic N) is 4. The van der Waals surface area contributed by atoms with E-state index in [1.54, 1.807) is 16.8 Å². The summed E-state index contributed by atoms with van der Waals surface area (Å²) < 4.78 is 5.53. The van der Waals surface area contributed by atoms with Gasteiger partial charge in [0.1, 0.15) is 17.0 Å². The fourth-order valence-electron chi connectivity index (χ4n) is 4.55. The van der Waals surface area contributed by atoms with Crippen LogP contribution >= 0.6 is 11.3 Å². The van der Waals surface area contributed by atoms with Gasteiger partial charge in [-0.05, 0) is 43.6 Å². The Kier molecular flexibility index (Phi) is 4.36. The van der Waals surface area contributed by atoms with E-state index in [0.29, 0.717) is 0 Å². The van der Waals surface area contributed by atoms with Crippen molar-refractivity contribution in [2.45, 2.75) is 32.1 Å². The van der Waals surface area contributed by atoms with E-state index < -0.39 is 0 Å². The largest absolute Gasteiger partial charge is 0.381 e. The van der Waals surface area contributed by atoms with Crippen LogP contribution < -0.4 is 4.90 Å². The van der Waals surface area contributed by atoms with E-state index in [-0.39, 0.29) is 0 Å². The third kappa shape index (κ3) is 3.04. The van der Waals surface area contributed by atoms with Crippen LogP contribution in [-0.4, -0.2) is 60.8 Å². The summed E-state index contributed by atoms with van der Waals surface area (Å²) >= 11 is 1.90. The first-order valence-electron chi connectivity index (χ1n) is 9.69. The fourth-order valence-corrected chi connectivity index (χ4v) is 5.77. The maximum absolute atomic E-state index is 5.53. The fraction of sp³-hybridized carbons (Fsp3) is 0.684. The highest BCUT2D eigenvalue weighted by atomic mass is 32.1. The van der Waals surface area contributed by atoms with Gasteiger partial charge in [0, 0.05) is 44.2 Å². The van der Waals surface area contributed by atoms with Crippen LogP contribution in [0.3, 0.4) is 0 Å². The molecule has 5 rings (SSSR count). The zero-order valence-corrected chi connectivity index (χ0v) is 15.6. The second-order valence-corrected chi connectivity index (χ2v) is 8.69. The van der Waals surface area contributed by atoms with Gasteiger partial charge in [-0.3, -0.25) is 4.90 Å². The molecule has 0 radical (unpaired) electrons. The van der Waals surface area contributed by atoms with Crippen molar-refractivity contribution in [3.8, 4) is 0 Å². The molecule has 1 atom stereocenters. The SMILES string of the molecule is c1nc(N2CCN(CC3CCOC3)CC2)c2c3c(sc2n1)CCCC3. The van der Waals surface area contributed by atoms with Gasteiger partial charge in [0.25, 0.3) is 0 Å². The number of aromatic nitrogens is 2. The smallest absolute Gasteiger partial charge is 0.141 e. The third-order valence-corrected chi connectivity index (χ3v) is 7.14. The van der Waals surface area contributed by atoms with Crippen LogP contribution in [-0.2, 0) is 17.6 Å². The Balaban J connectivity index is 1.35. The number of thiophene rings is 1. The lowest BCUT2D eigenvalue weighted by molar-refractivity contribution is 0.164. The number of fused-ring (bicyclic) bond motifs is 3. The van der Waals surface area contributed by atoms with Crippen LogP contribution in [0, 0.1) is 5.92 Å². The summed E-state index contributed by atoms with van der Waals surface area (Å²) in [4.78, 5) is 17.2. The van der Waals surface area contributed by atoms with Gasteiger partial charge in [0.2, 0.25) is 0 Å². The maximum Gasteiger partial charge on any atom is 0.141 e. The molecule has 1 unspecified atom stereocenters. The number of rotatable bonds is 3. The molecule has 2 fully saturated rings. The van der Waals surface area contributed by atoms with E-state index in [9.17, 15) is 0 Å². The summed E-state index contributed by atoms with van der Waals surface area (Å²) in [5, 5.41) is 1.36. The number of hydrogen-bond acceptors (Lipinski definition) is 6. The number of piperazine rings is 1. The first-order valence-corrected chi connectivity index (χ1v) is 10.5. The Morgan fingerprint density at radius 3 is 2.84 bits per heavy atom. The molecule has 4 heterocycles. The van der Waals surface area contributed by atoms with Gasteiger partial charge < -0.3 is 9.64 Å². The van der Waals surface area contributed by atoms with E-state index in [1.807, 2.05) is 11.3 Å². The molecule has 2 aliphatic heterocycles. The number of ether oxygens (including phenoxy) is 1. The monoisotopic (exact) mass is 358 g/mol. The number of hydrogen-bond donors (Lipinski definition) is 0. The lowest BCUT2D eigenvalue weighted by Gasteiger charge is -2.36. The quantitative estimate of drug-likeness (QED) is 0.844. The summed E-state index contributed by atoms with van der Waals surface area (Å²) in [6, 6.07) is 0. The van der Waals surface area contributed by atoms with Crippen LogP contribution in [0.1, 0.15) is 29.7 Å². The highest BCUT2D eigenvalue weighted by molar-refractivity contribution is 7.19. The van der Waals surface area contributed by atoms with Crippen molar-refractivity contribution in [1.29, 1.82) is 0 Å². The van der Waals surface area contributed by atoms with Crippen LogP contribution in [0.5, 0.6) is 0 Å². The van der Waals surface area contributed by atoms with Crippen molar-refractivity contribution in [2.24, 2.45) is 5.92 Å². The number of anilines is 1. The molecule has 6 heteroatoms. The highest BCUT2D eigenvalue weighted by Crippen LogP contribution is 2.39. The lowest BCUT2D eigenvalue weighted by atomic mass is 9.97. The molecular weight excluding hydrogens is 332 g/mol. The average Bonchev–Trinajstić information content (AvgIpc) is 3.29. The molecular formula is C19H26N4OS. The zero-order valence-electron chi connectivity index (χ0n) is 14.7. The first kappa shape index (κ1) is 16.0. The first-order chi connectivity index (χ1) is 12.4. The Bertz CT molecular complexity index is 747. The normalized spacial score (nSPS) is 24.8. The van der Waals surface area contributed by atoms with Gasteiger partial charge in [0.05, 0.1) is 12.0 Å². The summed E-state index contributed by atoms with van der Waals surface area (Å²) in [5.74, 6) is 1.93. The van der Waals surface area contributed by atoms with Gasteiger partial charge in [-0.1, -0.05) is 0 Å². The molecule has 0 bridgehead atoms. The van der Waals surface area contributed by atoms with E-state index in [2.05, 4.69) is 14.8 Å². The lowest BCUT2D eigenvalue weighted by Crippen LogP contribution is -2.48. The summed E-state index contributed by atoms with van der Waals surface area (Å²) in [7, 11) is 0. The van der Waals surface area contributed by atoms with E-state index in [0.717, 1.165) is 45.3 Å². The number of aryl methyl sites for hydroxylation is 2. The van der Waals surface area contributed by atoms with Crippen molar-refractivity contribution in [2.75, 3.05) is 50.8 Å². The molecule has 5 nitrogen and oxygen atoms in total. The summed E-state index contributed by atoms with van der Waals surface area (Å²) in [6.45, 7) is 7.51. The van der Waals surface area contributed by atoms with Crippen molar-refractivity contribution in [1.82, 2.24) is 14.9 Å². The van der Waals surface area contributed by atoms with Crippen LogP contribution in [0.4, 0.5) is 5.82 Å². The Morgan fingerprint density at radius 2 is 2.00 bits per heavy atom. The van der Waals surface area contributed by atoms with Gasteiger partial charge in [-0.2, -0.15) is 0 Å². The second-order valence-electron chi connectivity index (χ2n) is 7.61. The molecule has 134 valence electrons. The van der Waals surface area contributed by atoms with E-state index >= 15 is 0 Å². The Labute approximate surface area is 153 Å². The minimum atomic E-state index is 0.737. The molecule has 3 aliphatic rings. The topological polar surface area (TPSA) is 41.5 Å². The summed E-state index contributed by atoms with van der Waals surface area (Å²) in [5.41, 5.74) is 1.55. The second kappa shape index (κ2) is 6.82. The van der Waals surface area contributed by atoms with Gasteiger partial charge in [-0.15, -0.1) is 11.3 Å².